The fraction of sp³-hybridized carbons (Fsp3) is 0.235. The van der Waals surface area contributed by atoms with Crippen molar-refractivity contribution < 1.29 is 4.79 Å². The van der Waals surface area contributed by atoms with Crippen LogP contribution in [-0.2, 0) is 11.2 Å². The summed E-state index contributed by atoms with van der Waals surface area (Å²) in [6.07, 6.45) is 2.17. The van der Waals surface area contributed by atoms with Crippen LogP contribution < -0.4 is 11.1 Å². The third-order valence-corrected chi connectivity index (χ3v) is 3.20. The van der Waals surface area contributed by atoms with E-state index in [9.17, 15) is 4.79 Å². The maximum absolute atomic E-state index is 12.1. The first kappa shape index (κ1) is 14.3. The van der Waals surface area contributed by atoms with Crippen molar-refractivity contribution in [3.05, 3.63) is 65.7 Å². The van der Waals surface area contributed by atoms with Crippen LogP contribution in [0, 0.1) is 0 Å². The van der Waals surface area contributed by atoms with Crippen LogP contribution in [0.25, 0.3) is 0 Å². The van der Waals surface area contributed by atoms with Gasteiger partial charge in [-0.2, -0.15) is 0 Å². The molecular formula is C17H20N2O. The Morgan fingerprint density at radius 3 is 2.35 bits per heavy atom. The van der Waals surface area contributed by atoms with Crippen molar-refractivity contribution in [1.29, 1.82) is 0 Å². The molecule has 2 aromatic rings. The zero-order chi connectivity index (χ0) is 14.4. The standard InChI is InChI=1S/C17H20N2O/c1-2-6-13-9-11-15(12-10-13)19-17(20)16(18)14-7-4-3-5-8-14/h3-5,7-12,16H,2,6,18H2,1H3,(H,19,20)/t16-/m0/s1. The molecular weight excluding hydrogens is 248 g/mol. The van der Waals surface area contributed by atoms with E-state index in [0.29, 0.717) is 0 Å². The second kappa shape index (κ2) is 6.87. The fourth-order valence-corrected chi connectivity index (χ4v) is 2.08. The van der Waals surface area contributed by atoms with Crippen LogP contribution in [-0.4, -0.2) is 5.91 Å². The SMILES string of the molecule is CCCc1ccc(NC(=O)[C@@H](N)c2ccccc2)cc1. The summed E-state index contributed by atoms with van der Waals surface area (Å²) in [7, 11) is 0. The van der Waals surface area contributed by atoms with Gasteiger partial charge in [0.2, 0.25) is 5.91 Å². The molecule has 104 valence electrons. The number of aryl methyl sites for hydroxylation is 1. The van der Waals surface area contributed by atoms with Gasteiger partial charge in [-0.05, 0) is 29.7 Å². The van der Waals surface area contributed by atoms with Crippen LogP contribution in [0.2, 0.25) is 0 Å². The number of nitrogens with two attached hydrogens (primary N) is 1. The van der Waals surface area contributed by atoms with E-state index in [0.717, 1.165) is 24.1 Å². The molecule has 0 spiro atoms. The fourth-order valence-electron chi connectivity index (χ4n) is 2.08. The Kier molecular flexibility index (Phi) is 4.91. The molecule has 3 nitrogen and oxygen atoms in total. The van der Waals surface area contributed by atoms with E-state index in [1.54, 1.807) is 0 Å². The highest BCUT2D eigenvalue weighted by atomic mass is 16.2. The first-order chi connectivity index (χ1) is 9.70. The summed E-state index contributed by atoms with van der Waals surface area (Å²) in [6, 6.07) is 16.6. The van der Waals surface area contributed by atoms with Crippen LogP contribution in [0.4, 0.5) is 5.69 Å². The van der Waals surface area contributed by atoms with Crippen molar-refractivity contribution in [2.24, 2.45) is 5.73 Å². The lowest BCUT2D eigenvalue weighted by Crippen LogP contribution is -2.27. The zero-order valence-corrected chi connectivity index (χ0v) is 11.7. The first-order valence-electron chi connectivity index (χ1n) is 6.91. The van der Waals surface area contributed by atoms with Crippen molar-refractivity contribution in [2.45, 2.75) is 25.8 Å². The van der Waals surface area contributed by atoms with E-state index in [4.69, 9.17) is 5.73 Å². The maximum atomic E-state index is 12.1. The molecule has 0 saturated heterocycles. The molecule has 20 heavy (non-hydrogen) atoms. The van der Waals surface area contributed by atoms with Crippen molar-refractivity contribution in [1.82, 2.24) is 0 Å². The summed E-state index contributed by atoms with van der Waals surface area (Å²) in [4.78, 5) is 12.1. The molecule has 0 unspecified atom stereocenters. The molecule has 0 heterocycles. The molecule has 0 aliphatic carbocycles. The molecule has 3 N–H and O–H groups in total. The Hall–Kier alpha value is -2.13. The van der Waals surface area contributed by atoms with Gasteiger partial charge in [-0.15, -0.1) is 0 Å². The van der Waals surface area contributed by atoms with Gasteiger partial charge in [-0.3, -0.25) is 4.79 Å². The van der Waals surface area contributed by atoms with Gasteiger partial charge in [0.25, 0.3) is 0 Å². The molecule has 0 saturated carbocycles. The molecule has 0 aliphatic heterocycles. The molecule has 0 fully saturated rings. The normalized spacial score (nSPS) is 11.9. The number of hydrogen-bond acceptors (Lipinski definition) is 2. The monoisotopic (exact) mass is 268 g/mol. The lowest BCUT2D eigenvalue weighted by Gasteiger charge is -2.12. The van der Waals surface area contributed by atoms with Crippen molar-refractivity contribution in [2.75, 3.05) is 5.32 Å². The Bertz CT molecular complexity index is 549. The van der Waals surface area contributed by atoms with Crippen LogP contribution in [0.15, 0.2) is 54.6 Å². The van der Waals surface area contributed by atoms with Gasteiger partial charge in [0, 0.05) is 5.69 Å². The topological polar surface area (TPSA) is 55.1 Å². The molecule has 1 atom stereocenters. The quantitative estimate of drug-likeness (QED) is 0.874. The first-order valence-corrected chi connectivity index (χ1v) is 6.91. The lowest BCUT2D eigenvalue weighted by atomic mass is 10.1. The van der Waals surface area contributed by atoms with Crippen molar-refractivity contribution >= 4 is 11.6 Å². The highest BCUT2D eigenvalue weighted by molar-refractivity contribution is 5.95. The van der Waals surface area contributed by atoms with E-state index in [2.05, 4.69) is 12.2 Å². The molecule has 1 amide bonds. The Labute approximate surface area is 119 Å². The van der Waals surface area contributed by atoms with Gasteiger partial charge in [-0.25, -0.2) is 0 Å². The predicted octanol–water partition coefficient (Wildman–Crippen LogP) is 3.28. The second-order valence-electron chi connectivity index (χ2n) is 4.82. The minimum atomic E-state index is -0.647. The number of benzene rings is 2. The van der Waals surface area contributed by atoms with Gasteiger partial charge in [0.1, 0.15) is 6.04 Å². The zero-order valence-electron chi connectivity index (χ0n) is 11.7. The van der Waals surface area contributed by atoms with E-state index >= 15 is 0 Å². The second-order valence-corrected chi connectivity index (χ2v) is 4.82. The summed E-state index contributed by atoms with van der Waals surface area (Å²) in [5.74, 6) is -0.195. The molecule has 0 bridgehead atoms. The number of amides is 1. The molecule has 2 rings (SSSR count). The predicted molar refractivity (Wildman–Crippen MR) is 82.4 cm³/mol. The van der Waals surface area contributed by atoms with E-state index in [-0.39, 0.29) is 5.91 Å². The van der Waals surface area contributed by atoms with E-state index in [1.165, 1.54) is 5.56 Å². The van der Waals surface area contributed by atoms with E-state index in [1.807, 2.05) is 54.6 Å². The van der Waals surface area contributed by atoms with Crippen molar-refractivity contribution in [3.63, 3.8) is 0 Å². The van der Waals surface area contributed by atoms with Crippen LogP contribution >= 0.6 is 0 Å². The third kappa shape index (κ3) is 3.68. The summed E-state index contributed by atoms with van der Waals surface area (Å²) in [5.41, 5.74) is 8.82. The molecule has 3 heteroatoms. The number of hydrogen-bond donors (Lipinski definition) is 2. The number of nitrogens with one attached hydrogen (secondary N) is 1. The molecule has 2 aromatic carbocycles. The van der Waals surface area contributed by atoms with Gasteiger partial charge in [0.15, 0.2) is 0 Å². The number of anilines is 1. The molecule has 0 radical (unpaired) electrons. The van der Waals surface area contributed by atoms with E-state index < -0.39 is 6.04 Å². The third-order valence-electron chi connectivity index (χ3n) is 3.20. The van der Waals surface area contributed by atoms with Gasteiger partial charge in [-0.1, -0.05) is 55.8 Å². The number of carbonyl (C=O) groups excluding carboxylic acids is 1. The average Bonchev–Trinajstić information content (AvgIpc) is 2.49. The van der Waals surface area contributed by atoms with Crippen LogP contribution in [0.1, 0.15) is 30.5 Å². The average molecular weight is 268 g/mol. The molecule has 0 aromatic heterocycles. The Morgan fingerprint density at radius 1 is 1.10 bits per heavy atom. The van der Waals surface area contributed by atoms with Crippen LogP contribution in [0.3, 0.4) is 0 Å². The van der Waals surface area contributed by atoms with Gasteiger partial charge in [0.05, 0.1) is 0 Å². The summed E-state index contributed by atoms with van der Waals surface area (Å²) < 4.78 is 0. The smallest absolute Gasteiger partial charge is 0.245 e. The minimum absolute atomic E-state index is 0.195. The Balaban J connectivity index is 2.00. The van der Waals surface area contributed by atoms with Crippen molar-refractivity contribution in [3.8, 4) is 0 Å². The Morgan fingerprint density at radius 2 is 1.75 bits per heavy atom. The maximum Gasteiger partial charge on any atom is 0.245 e. The number of carbonyl (C=O) groups is 1. The minimum Gasteiger partial charge on any atom is -0.324 e. The van der Waals surface area contributed by atoms with Crippen LogP contribution in [0.5, 0.6) is 0 Å². The van der Waals surface area contributed by atoms with Gasteiger partial charge < -0.3 is 11.1 Å². The highest BCUT2D eigenvalue weighted by Crippen LogP contribution is 2.15. The highest BCUT2D eigenvalue weighted by Gasteiger charge is 2.15. The lowest BCUT2D eigenvalue weighted by molar-refractivity contribution is -0.117. The van der Waals surface area contributed by atoms with Gasteiger partial charge >= 0.3 is 0 Å². The summed E-state index contributed by atoms with van der Waals surface area (Å²) in [6.45, 7) is 2.15. The summed E-state index contributed by atoms with van der Waals surface area (Å²) >= 11 is 0. The summed E-state index contributed by atoms with van der Waals surface area (Å²) in [5, 5.41) is 2.85. The molecule has 0 aliphatic rings. The largest absolute Gasteiger partial charge is 0.324 e. The number of rotatable bonds is 5.